The second kappa shape index (κ2) is 5.12. The first-order chi connectivity index (χ1) is 6.63. The van der Waals surface area contributed by atoms with Gasteiger partial charge in [0.25, 0.3) is 0 Å². The zero-order chi connectivity index (χ0) is 10.6. The molecule has 1 unspecified atom stereocenters. The number of aliphatic hydroxyl groups is 1. The summed E-state index contributed by atoms with van der Waals surface area (Å²) in [5.74, 6) is 0.340. The standard InChI is InChI=1S/C9H14ClN3O/c1-6(2)8(5-14)12-7-3-9(10)13-11-4-7/h3-4,6,8,14H,5H2,1-2H3,(H,12,13). The van der Waals surface area contributed by atoms with Crippen LogP contribution in [0, 0.1) is 5.92 Å². The van der Waals surface area contributed by atoms with Crippen LogP contribution in [0.25, 0.3) is 0 Å². The average Bonchev–Trinajstić information content (AvgIpc) is 2.14. The third-order valence-corrected chi connectivity index (χ3v) is 2.16. The third kappa shape index (κ3) is 3.12. The van der Waals surface area contributed by atoms with Crippen LogP contribution in [0.3, 0.4) is 0 Å². The van der Waals surface area contributed by atoms with Crippen LogP contribution in [0.5, 0.6) is 0 Å². The highest BCUT2D eigenvalue weighted by atomic mass is 35.5. The van der Waals surface area contributed by atoms with Crippen LogP contribution in [0.15, 0.2) is 12.3 Å². The molecule has 1 aromatic heterocycles. The van der Waals surface area contributed by atoms with Gasteiger partial charge < -0.3 is 10.4 Å². The molecule has 0 fully saturated rings. The molecule has 5 heteroatoms. The van der Waals surface area contributed by atoms with Crippen molar-refractivity contribution in [3.8, 4) is 0 Å². The van der Waals surface area contributed by atoms with E-state index in [4.69, 9.17) is 16.7 Å². The van der Waals surface area contributed by atoms with Crippen molar-refractivity contribution in [1.29, 1.82) is 0 Å². The highest BCUT2D eigenvalue weighted by Gasteiger charge is 2.11. The molecular formula is C9H14ClN3O. The van der Waals surface area contributed by atoms with Crippen LogP contribution in [0.1, 0.15) is 13.8 Å². The van der Waals surface area contributed by atoms with Gasteiger partial charge in [-0.25, -0.2) is 0 Å². The Kier molecular flexibility index (Phi) is 4.10. The van der Waals surface area contributed by atoms with Crippen molar-refractivity contribution >= 4 is 17.3 Å². The summed E-state index contributed by atoms with van der Waals surface area (Å²) in [6.45, 7) is 4.14. The molecule has 0 aliphatic rings. The molecule has 0 aliphatic carbocycles. The van der Waals surface area contributed by atoms with Gasteiger partial charge in [-0.3, -0.25) is 0 Å². The summed E-state index contributed by atoms with van der Waals surface area (Å²) < 4.78 is 0. The van der Waals surface area contributed by atoms with E-state index in [9.17, 15) is 0 Å². The quantitative estimate of drug-likeness (QED) is 0.801. The van der Waals surface area contributed by atoms with Crippen LogP contribution in [-0.4, -0.2) is 28.0 Å². The van der Waals surface area contributed by atoms with E-state index >= 15 is 0 Å². The van der Waals surface area contributed by atoms with E-state index in [2.05, 4.69) is 15.5 Å². The number of nitrogens with one attached hydrogen (secondary N) is 1. The van der Waals surface area contributed by atoms with Gasteiger partial charge in [-0.1, -0.05) is 25.4 Å². The zero-order valence-corrected chi connectivity index (χ0v) is 8.99. The minimum absolute atomic E-state index is 0.00951. The van der Waals surface area contributed by atoms with Crippen LogP contribution in [0.2, 0.25) is 5.15 Å². The lowest BCUT2D eigenvalue weighted by molar-refractivity contribution is 0.249. The first-order valence-corrected chi connectivity index (χ1v) is 4.87. The molecule has 1 aromatic rings. The highest BCUT2D eigenvalue weighted by Crippen LogP contribution is 2.14. The second-order valence-corrected chi connectivity index (χ2v) is 3.83. The van der Waals surface area contributed by atoms with Gasteiger partial charge in [0.2, 0.25) is 0 Å². The molecule has 14 heavy (non-hydrogen) atoms. The monoisotopic (exact) mass is 215 g/mol. The number of aromatic nitrogens is 2. The minimum atomic E-state index is 0.00951. The van der Waals surface area contributed by atoms with Crippen molar-refractivity contribution in [2.75, 3.05) is 11.9 Å². The van der Waals surface area contributed by atoms with E-state index in [1.54, 1.807) is 12.3 Å². The molecule has 0 saturated carbocycles. The molecule has 0 radical (unpaired) electrons. The molecule has 2 N–H and O–H groups in total. The number of anilines is 1. The molecule has 0 spiro atoms. The third-order valence-electron chi connectivity index (χ3n) is 1.98. The molecule has 1 rings (SSSR count). The Hall–Kier alpha value is -0.870. The molecule has 0 saturated heterocycles. The van der Waals surface area contributed by atoms with E-state index < -0.39 is 0 Å². The lowest BCUT2D eigenvalue weighted by atomic mass is 10.1. The summed E-state index contributed by atoms with van der Waals surface area (Å²) in [4.78, 5) is 0. The Morgan fingerprint density at radius 3 is 2.79 bits per heavy atom. The second-order valence-electron chi connectivity index (χ2n) is 3.44. The van der Waals surface area contributed by atoms with Gasteiger partial charge in [0.15, 0.2) is 5.15 Å². The van der Waals surface area contributed by atoms with E-state index in [0.29, 0.717) is 11.1 Å². The van der Waals surface area contributed by atoms with Gasteiger partial charge >= 0.3 is 0 Å². The lowest BCUT2D eigenvalue weighted by Gasteiger charge is -2.20. The first kappa shape index (κ1) is 11.2. The average molecular weight is 216 g/mol. The molecule has 4 nitrogen and oxygen atoms in total. The van der Waals surface area contributed by atoms with Crippen molar-refractivity contribution in [3.05, 3.63) is 17.4 Å². The summed E-state index contributed by atoms with van der Waals surface area (Å²) in [5, 5.41) is 19.9. The van der Waals surface area contributed by atoms with Gasteiger partial charge in [-0.05, 0) is 5.92 Å². The minimum Gasteiger partial charge on any atom is -0.394 e. The number of rotatable bonds is 4. The van der Waals surface area contributed by atoms with Gasteiger partial charge in [0, 0.05) is 6.07 Å². The van der Waals surface area contributed by atoms with Gasteiger partial charge in [0.05, 0.1) is 24.5 Å². The van der Waals surface area contributed by atoms with Crippen molar-refractivity contribution in [2.24, 2.45) is 5.92 Å². The molecular weight excluding hydrogens is 202 g/mol. The normalized spacial score (nSPS) is 12.9. The maximum Gasteiger partial charge on any atom is 0.153 e. The Bertz CT molecular complexity index is 293. The lowest BCUT2D eigenvalue weighted by Crippen LogP contribution is -2.29. The fraction of sp³-hybridized carbons (Fsp3) is 0.556. The maximum absolute atomic E-state index is 9.10. The smallest absolute Gasteiger partial charge is 0.153 e. The van der Waals surface area contributed by atoms with E-state index in [1.165, 1.54) is 0 Å². The number of nitrogens with zero attached hydrogens (tertiary/aromatic N) is 2. The van der Waals surface area contributed by atoms with Crippen molar-refractivity contribution in [3.63, 3.8) is 0 Å². The fourth-order valence-corrected chi connectivity index (χ4v) is 1.22. The summed E-state index contributed by atoms with van der Waals surface area (Å²) >= 11 is 5.67. The Labute approximate surface area is 88.3 Å². The molecule has 0 aliphatic heterocycles. The SMILES string of the molecule is CC(C)C(CO)Nc1cnnc(Cl)c1. The summed E-state index contributed by atoms with van der Waals surface area (Å²) in [6, 6.07) is 1.69. The number of hydrogen-bond donors (Lipinski definition) is 2. The summed E-state index contributed by atoms with van der Waals surface area (Å²) in [7, 11) is 0. The van der Waals surface area contributed by atoms with E-state index in [0.717, 1.165) is 5.69 Å². The Morgan fingerprint density at radius 1 is 1.57 bits per heavy atom. The van der Waals surface area contributed by atoms with Crippen molar-refractivity contribution in [1.82, 2.24) is 10.2 Å². The predicted octanol–water partition coefficient (Wildman–Crippen LogP) is 1.56. The maximum atomic E-state index is 9.10. The molecule has 0 amide bonds. The topological polar surface area (TPSA) is 58.0 Å². The highest BCUT2D eigenvalue weighted by molar-refractivity contribution is 6.29. The van der Waals surface area contributed by atoms with Crippen LogP contribution < -0.4 is 5.32 Å². The summed E-state index contributed by atoms with van der Waals surface area (Å²) in [6.07, 6.45) is 1.58. The van der Waals surface area contributed by atoms with Gasteiger partial charge in [-0.2, -0.15) is 5.10 Å². The number of halogens is 1. The zero-order valence-electron chi connectivity index (χ0n) is 8.24. The predicted molar refractivity (Wildman–Crippen MR) is 56.4 cm³/mol. The molecule has 78 valence electrons. The fourth-order valence-electron chi connectivity index (χ4n) is 1.06. The van der Waals surface area contributed by atoms with Crippen molar-refractivity contribution < 1.29 is 5.11 Å². The first-order valence-electron chi connectivity index (χ1n) is 4.49. The molecule has 1 atom stereocenters. The number of hydrogen-bond acceptors (Lipinski definition) is 4. The van der Waals surface area contributed by atoms with Gasteiger partial charge in [-0.15, -0.1) is 5.10 Å². The molecule has 0 bridgehead atoms. The Morgan fingerprint density at radius 2 is 2.29 bits per heavy atom. The van der Waals surface area contributed by atoms with Crippen LogP contribution >= 0.6 is 11.6 Å². The molecule has 0 aromatic carbocycles. The number of aliphatic hydroxyl groups excluding tert-OH is 1. The molecule has 1 heterocycles. The Balaban J connectivity index is 2.67. The van der Waals surface area contributed by atoms with Gasteiger partial charge in [0.1, 0.15) is 0 Å². The summed E-state index contributed by atoms with van der Waals surface area (Å²) in [5.41, 5.74) is 0.776. The van der Waals surface area contributed by atoms with Crippen molar-refractivity contribution in [2.45, 2.75) is 19.9 Å². The van der Waals surface area contributed by atoms with E-state index in [1.807, 2.05) is 13.8 Å². The van der Waals surface area contributed by atoms with E-state index in [-0.39, 0.29) is 12.6 Å². The largest absolute Gasteiger partial charge is 0.394 e. The van der Waals surface area contributed by atoms with Crippen LogP contribution in [-0.2, 0) is 0 Å². The van der Waals surface area contributed by atoms with Crippen LogP contribution in [0.4, 0.5) is 5.69 Å².